The molecule has 0 aromatic heterocycles. The first-order chi connectivity index (χ1) is 11.2. The van der Waals surface area contributed by atoms with E-state index >= 15 is 0 Å². The number of Topliss-reactive ketones (excluding diaryl/α,β-unsaturated/α-hetero) is 1. The van der Waals surface area contributed by atoms with Gasteiger partial charge in [-0.2, -0.15) is 0 Å². The van der Waals surface area contributed by atoms with E-state index in [9.17, 15) is 14.2 Å². The zero-order valence-electron chi connectivity index (χ0n) is 14.5. The SMILES string of the molecule is CC(=O)C1C(=O)Oc2ccccc2C1P(=O)(OC(C)C)OC(C)C. The Hall–Kier alpha value is -1.49. The molecule has 6 nitrogen and oxygen atoms in total. The van der Waals surface area contributed by atoms with Crippen molar-refractivity contribution < 1.29 is 27.9 Å². The molecular weight excluding hydrogens is 331 g/mol. The van der Waals surface area contributed by atoms with Crippen LogP contribution in [0.1, 0.15) is 45.8 Å². The molecular formula is C17H23O6P. The van der Waals surface area contributed by atoms with Crippen LogP contribution in [0, 0.1) is 5.92 Å². The number of hydrogen-bond acceptors (Lipinski definition) is 6. The van der Waals surface area contributed by atoms with Crippen molar-refractivity contribution in [3.63, 3.8) is 0 Å². The molecule has 0 spiro atoms. The Morgan fingerprint density at radius 1 is 1.12 bits per heavy atom. The number of ketones is 1. The molecule has 7 heteroatoms. The lowest BCUT2D eigenvalue weighted by Gasteiger charge is -2.36. The van der Waals surface area contributed by atoms with Crippen LogP contribution in [-0.4, -0.2) is 24.0 Å². The van der Waals surface area contributed by atoms with E-state index < -0.39 is 43.1 Å². The molecule has 132 valence electrons. The van der Waals surface area contributed by atoms with Crippen LogP contribution < -0.4 is 4.74 Å². The summed E-state index contributed by atoms with van der Waals surface area (Å²) in [6, 6.07) is 6.72. The van der Waals surface area contributed by atoms with E-state index in [0.717, 1.165) is 0 Å². The van der Waals surface area contributed by atoms with Gasteiger partial charge in [-0.3, -0.25) is 14.2 Å². The maximum Gasteiger partial charge on any atom is 0.340 e. The lowest BCUT2D eigenvalue weighted by molar-refractivity contribution is -0.145. The highest BCUT2D eigenvalue weighted by molar-refractivity contribution is 7.54. The van der Waals surface area contributed by atoms with E-state index in [-0.39, 0.29) is 5.75 Å². The standard InChI is InChI=1S/C17H23O6P/c1-10(2)22-24(20,23-11(3)4)16-13-8-6-7-9-14(13)21-17(19)15(16)12(5)18/h6-11,15-16H,1-5H3. The van der Waals surface area contributed by atoms with E-state index in [1.165, 1.54) is 6.92 Å². The van der Waals surface area contributed by atoms with Gasteiger partial charge in [-0.05, 0) is 40.7 Å². The summed E-state index contributed by atoms with van der Waals surface area (Å²) in [6.45, 7) is 8.19. The Balaban J connectivity index is 2.64. The number of rotatable bonds is 6. The Morgan fingerprint density at radius 3 is 2.17 bits per heavy atom. The summed E-state index contributed by atoms with van der Waals surface area (Å²) < 4.78 is 30.2. The molecule has 1 heterocycles. The highest BCUT2D eigenvalue weighted by atomic mass is 31.2. The van der Waals surface area contributed by atoms with Crippen LogP contribution in [0.4, 0.5) is 0 Å². The third-order valence-electron chi connectivity index (χ3n) is 3.51. The largest absolute Gasteiger partial charge is 0.426 e. The van der Waals surface area contributed by atoms with Crippen molar-refractivity contribution in [3.8, 4) is 5.75 Å². The van der Waals surface area contributed by atoms with Gasteiger partial charge in [0.15, 0.2) is 0 Å². The second kappa shape index (κ2) is 7.18. The molecule has 1 aliphatic heterocycles. The summed E-state index contributed by atoms with van der Waals surface area (Å²) in [6.07, 6.45) is -0.792. The number of esters is 1. The Labute approximate surface area is 142 Å². The third kappa shape index (κ3) is 3.77. The maximum absolute atomic E-state index is 13.6. The molecule has 1 aromatic carbocycles. The number of para-hydroxylation sites is 1. The van der Waals surface area contributed by atoms with Gasteiger partial charge in [0.2, 0.25) is 0 Å². The molecule has 2 unspecified atom stereocenters. The number of hydrogen-bond donors (Lipinski definition) is 0. The molecule has 0 radical (unpaired) electrons. The van der Waals surface area contributed by atoms with Crippen molar-refractivity contribution in [3.05, 3.63) is 29.8 Å². The van der Waals surface area contributed by atoms with Crippen molar-refractivity contribution >= 4 is 19.3 Å². The van der Waals surface area contributed by atoms with Crippen LogP contribution in [0.2, 0.25) is 0 Å². The van der Waals surface area contributed by atoms with Crippen molar-refractivity contribution in [1.29, 1.82) is 0 Å². The normalized spacial score (nSPS) is 20.9. The first kappa shape index (κ1) is 18.8. The summed E-state index contributed by atoms with van der Waals surface area (Å²) in [5.41, 5.74) is -0.529. The van der Waals surface area contributed by atoms with E-state index in [0.29, 0.717) is 5.56 Å². The predicted molar refractivity (Wildman–Crippen MR) is 89.0 cm³/mol. The maximum atomic E-state index is 13.6. The second-order valence-corrected chi connectivity index (χ2v) is 8.40. The van der Waals surface area contributed by atoms with Crippen molar-refractivity contribution in [2.45, 2.75) is 52.5 Å². The summed E-state index contributed by atoms with van der Waals surface area (Å²) in [4.78, 5) is 24.5. The Bertz CT molecular complexity index is 667. The van der Waals surface area contributed by atoms with E-state index in [4.69, 9.17) is 13.8 Å². The molecule has 0 aliphatic carbocycles. The first-order valence-corrected chi connectivity index (χ1v) is 9.54. The fourth-order valence-corrected chi connectivity index (χ4v) is 5.52. The Morgan fingerprint density at radius 2 is 1.67 bits per heavy atom. The van der Waals surface area contributed by atoms with Gasteiger partial charge < -0.3 is 13.8 Å². The number of ether oxygens (including phenoxy) is 1. The molecule has 1 aromatic rings. The number of carbonyl (C=O) groups is 2. The average Bonchev–Trinajstić information content (AvgIpc) is 2.43. The van der Waals surface area contributed by atoms with Crippen LogP contribution in [0.5, 0.6) is 5.75 Å². The number of carbonyl (C=O) groups excluding carboxylic acids is 2. The van der Waals surface area contributed by atoms with Gasteiger partial charge in [0.25, 0.3) is 0 Å². The lowest BCUT2D eigenvalue weighted by atomic mass is 9.92. The van der Waals surface area contributed by atoms with Crippen molar-refractivity contribution in [1.82, 2.24) is 0 Å². The number of fused-ring (bicyclic) bond motifs is 1. The fourth-order valence-electron chi connectivity index (χ4n) is 2.78. The first-order valence-electron chi connectivity index (χ1n) is 7.93. The predicted octanol–water partition coefficient (Wildman–Crippen LogP) is 3.90. The van der Waals surface area contributed by atoms with Crippen LogP contribution >= 0.6 is 7.60 Å². The minimum absolute atomic E-state index is 0.282. The van der Waals surface area contributed by atoms with E-state index in [2.05, 4.69) is 0 Å². The summed E-state index contributed by atoms with van der Waals surface area (Å²) in [5.74, 6) is -2.10. The molecule has 2 rings (SSSR count). The van der Waals surface area contributed by atoms with Crippen LogP contribution in [0.25, 0.3) is 0 Å². The number of benzene rings is 1. The average molecular weight is 354 g/mol. The van der Waals surface area contributed by atoms with Gasteiger partial charge in [0, 0.05) is 5.56 Å². The molecule has 1 aliphatic rings. The summed E-state index contributed by atoms with van der Waals surface area (Å²) in [5, 5.41) is 0. The molecule has 24 heavy (non-hydrogen) atoms. The molecule has 0 saturated heterocycles. The summed E-state index contributed by atoms with van der Waals surface area (Å²) in [7, 11) is -3.81. The molecule has 2 atom stereocenters. The van der Waals surface area contributed by atoms with Crippen LogP contribution in [0.3, 0.4) is 0 Å². The summed E-state index contributed by atoms with van der Waals surface area (Å²) >= 11 is 0. The van der Waals surface area contributed by atoms with Crippen LogP contribution in [0.15, 0.2) is 24.3 Å². The van der Waals surface area contributed by atoms with Crippen LogP contribution in [-0.2, 0) is 23.2 Å². The molecule has 0 fully saturated rings. The molecule has 0 saturated carbocycles. The van der Waals surface area contributed by atoms with Gasteiger partial charge in [-0.1, -0.05) is 18.2 Å². The topological polar surface area (TPSA) is 78.9 Å². The van der Waals surface area contributed by atoms with Gasteiger partial charge in [-0.25, -0.2) is 0 Å². The zero-order chi connectivity index (χ0) is 18.1. The third-order valence-corrected chi connectivity index (χ3v) is 6.20. The monoisotopic (exact) mass is 354 g/mol. The lowest BCUT2D eigenvalue weighted by Crippen LogP contribution is -2.37. The minimum Gasteiger partial charge on any atom is -0.426 e. The fraction of sp³-hybridized carbons (Fsp3) is 0.529. The molecule has 0 N–H and O–H groups in total. The highest BCUT2D eigenvalue weighted by Crippen LogP contribution is 2.67. The molecule has 0 bridgehead atoms. The second-order valence-electron chi connectivity index (χ2n) is 6.34. The van der Waals surface area contributed by atoms with E-state index in [1.807, 2.05) is 0 Å². The van der Waals surface area contributed by atoms with Gasteiger partial charge in [-0.15, -0.1) is 0 Å². The van der Waals surface area contributed by atoms with Gasteiger partial charge in [0.05, 0.1) is 12.2 Å². The zero-order valence-corrected chi connectivity index (χ0v) is 15.4. The smallest absolute Gasteiger partial charge is 0.340 e. The quantitative estimate of drug-likeness (QED) is 0.334. The van der Waals surface area contributed by atoms with Crippen molar-refractivity contribution in [2.75, 3.05) is 0 Å². The van der Waals surface area contributed by atoms with Crippen molar-refractivity contribution in [2.24, 2.45) is 5.92 Å². The Kier molecular flexibility index (Phi) is 5.63. The van der Waals surface area contributed by atoms with E-state index in [1.54, 1.807) is 52.0 Å². The molecule has 0 amide bonds. The van der Waals surface area contributed by atoms with Gasteiger partial charge >= 0.3 is 13.6 Å². The highest BCUT2D eigenvalue weighted by Gasteiger charge is 2.53. The minimum atomic E-state index is -3.81. The van der Waals surface area contributed by atoms with Gasteiger partial charge in [0.1, 0.15) is 23.1 Å².